The molecule has 1 heterocycles. The first-order chi connectivity index (χ1) is 6.15. The van der Waals surface area contributed by atoms with Crippen LogP contribution in [0.3, 0.4) is 0 Å². The Morgan fingerprint density at radius 3 is 2.85 bits per heavy atom. The van der Waals surface area contributed by atoms with Gasteiger partial charge in [-0.2, -0.15) is 0 Å². The number of nitrogens with two attached hydrogens (primary N) is 1. The minimum absolute atomic E-state index is 0.0903. The SMILES string of the molecule is CC(C)CN1CCC[C@H](CN)C1=O. The van der Waals surface area contributed by atoms with E-state index in [0.717, 1.165) is 25.9 Å². The number of carbonyl (C=O) groups is 1. The van der Waals surface area contributed by atoms with Gasteiger partial charge in [-0.25, -0.2) is 0 Å². The van der Waals surface area contributed by atoms with Gasteiger partial charge < -0.3 is 10.6 Å². The maximum Gasteiger partial charge on any atom is 0.226 e. The predicted molar refractivity (Wildman–Crippen MR) is 53.2 cm³/mol. The summed E-state index contributed by atoms with van der Waals surface area (Å²) in [7, 11) is 0. The number of likely N-dealkylation sites (tertiary alicyclic amines) is 1. The molecule has 1 rings (SSSR count). The van der Waals surface area contributed by atoms with Gasteiger partial charge in [-0.05, 0) is 18.8 Å². The lowest BCUT2D eigenvalue weighted by Crippen LogP contribution is -2.45. The molecule has 1 aliphatic rings. The number of hydrogen-bond donors (Lipinski definition) is 1. The van der Waals surface area contributed by atoms with Crippen LogP contribution in [0.5, 0.6) is 0 Å². The molecular weight excluding hydrogens is 164 g/mol. The maximum absolute atomic E-state index is 11.7. The van der Waals surface area contributed by atoms with Crippen molar-refractivity contribution in [2.24, 2.45) is 17.6 Å². The Balaban J connectivity index is 2.50. The largest absolute Gasteiger partial charge is 0.342 e. The molecule has 1 aliphatic heterocycles. The van der Waals surface area contributed by atoms with E-state index >= 15 is 0 Å². The van der Waals surface area contributed by atoms with Gasteiger partial charge in [0.15, 0.2) is 0 Å². The van der Waals surface area contributed by atoms with Crippen LogP contribution in [-0.2, 0) is 4.79 Å². The van der Waals surface area contributed by atoms with E-state index in [9.17, 15) is 4.79 Å². The first kappa shape index (κ1) is 10.5. The number of piperidine rings is 1. The fraction of sp³-hybridized carbons (Fsp3) is 0.900. The van der Waals surface area contributed by atoms with Crippen LogP contribution in [0.15, 0.2) is 0 Å². The highest BCUT2D eigenvalue weighted by Gasteiger charge is 2.27. The molecular formula is C10H20N2O. The molecule has 0 aliphatic carbocycles. The van der Waals surface area contributed by atoms with Crippen molar-refractivity contribution in [1.82, 2.24) is 4.90 Å². The lowest BCUT2D eigenvalue weighted by atomic mass is 9.96. The van der Waals surface area contributed by atoms with E-state index in [-0.39, 0.29) is 11.8 Å². The normalized spacial score (nSPS) is 24.2. The predicted octanol–water partition coefficient (Wildman–Crippen LogP) is 0.840. The summed E-state index contributed by atoms with van der Waals surface area (Å²) in [4.78, 5) is 13.7. The summed E-state index contributed by atoms with van der Waals surface area (Å²) >= 11 is 0. The van der Waals surface area contributed by atoms with Crippen molar-refractivity contribution in [1.29, 1.82) is 0 Å². The molecule has 3 heteroatoms. The highest BCUT2D eigenvalue weighted by Crippen LogP contribution is 2.17. The van der Waals surface area contributed by atoms with Crippen LogP contribution in [-0.4, -0.2) is 30.4 Å². The van der Waals surface area contributed by atoms with Crippen LogP contribution < -0.4 is 5.73 Å². The Hall–Kier alpha value is -0.570. The van der Waals surface area contributed by atoms with E-state index in [1.807, 2.05) is 4.90 Å². The molecule has 76 valence electrons. The summed E-state index contributed by atoms with van der Waals surface area (Å²) in [5, 5.41) is 0. The van der Waals surface area contributed by atoms with E-state index in [4.69, 9.17) is 5.73 Å². The molecule has 1 saturated heterocycles. The van der Waals surface area contributed by atoms with Gasteiger partial charge in [-0.15, -0.1) is 0 Å². The van der Waals surface area contributed by atoms with Crippen molar-refractivity contribution in [2.75, 3.05) is 19.6 Å². The maximum atomic E-state index is 11.7. The Morgan fingerprint density at radius 1 is 1.62 bits per heavy atom. The Kier molecular flexibility index (Phi) is 3.72. The molecule has 0 saturated carbocycles. The smallest absolute Gasteiger partial charge is 0.226 e. The van der Waals surface area contributed by atoms with Crippen molar-refractivity contribution >= 4 is 5.91 Å². The van der Waals surface area contributed by atoms with Gasteiger partial charge in [0.05, 0.1) is 5.92 Å². The monoisotopic (exact) mass is 184 g/mol. The summed E-state index contributed by atoms with van der Waals surface area (Å²) in [6.07, 6.45) is 2.09. The number of nitrogens with zero attached hydrogens (tertiary/aromatic N) is 1. The van der Waals surface area contributed by atoms with Crippen molar-refractivity contribution in [3.8, 4) is 0 Å². The molecule has 1 atom stereocenters. The zero-order valence-corrected chi connectivity index (χ0v) is 8.62. The third kappa shape index (κ3) is 2.69. The first-order valence-electron chi connectivity index (χ1n) is 5.14. The van der Waals surface area contributed by atoms with Crippen molar-refractivity contribution in [3.05, 3.63) is 0 Å². The minimum Gasteiger partial charge on any atom is -0.342 e. The van der Waals surface area contributed by atoms with Gasteiger partial charge in [0.2, 0.25) is 5.91 Å². The van der Waals surface area contributed by atoms with E-state index in [2.05, 4.69) is 13.8 Å². The average Bonchev–Trinajstić information content (AvgIpc) is 2.08. The van der Waals surface area contributed by atoms with Gasteiger partial charge in [0, 0.05) is 19.6 Å². The summed E-state index contributed by atoms with van der Waals surface area (Å²) < 4.78 is 0. The highest BCUT2D eigenvalue weighted by atomic mass is 16.2. The van der Waals surface area contributed by atoms with Gasteiger partial charge in [-0.3, -0.25) is 4.79 Å². The third-order valence-corrected chi connectivity index (χ3v) is 2.51. The van der Waals surface area contributed by atoms with Crippen LogP contribution in [0.4, 0.5) is 0 Å². The lowest BCUT2D eigenvalue weighted by molar-refractivity contribution is -0.138. The summed E-state index contributed by atoms with van der Waals surface area (Å²) in [5.41, 5.74) is 5.54. The second kappa shape index (κ2) is 4.61. The fourth-order valence-corrected chi connectivity index (χ4v) is 1.86. The number of amides is 1. The number of hydrogen-bond acceptors (Lipinski definition) is 2. The quantitative estimate of drug-likeness (QED) is 0.706. The molecule has 0 aromatic carbocycles. The van der Waals surface area contributed by atoms with Crippen LogP contribution >= 0.6 is 0 Å². The molecule has 1 fully saturated rings. The Bertz CT molecular complexity index is 180. The minimum atomic E-state index is 0.0903. The van der Waals surface area contributed by atoms with Crippen molar-refractivity contribution < 1.29 is 4.79 Å². The second-order valence-electron chi connectivity index (χ2n) is 4.25. The molecule has 0 radical (unpaired) electrons. The lowest BCUT2D eigenvalue weighted by Gasteiger charge is -2.32. The van der Waals surface area contributed by atoms with E-state index in [0.29, 0.717) is 12.5 Å². The number of carbonyl (C=O) groups excluding carboxylic acids is 1. The van der Waals surface area contributed by atoms with Gasteiger partial charge in [-0.1, -0.05) is 13.8 Å². The Morgan fingerprint density at radius 2 is 2.31 bits per heavy atom. The summed E-state index contributed by atoms with van der Waals surface area (Å²) in [5.74, 6) is 0.912. The van der Waals surface area contributed by atoms with Gasteiger partial charge in [0.25, 0.3) is 0 Å². The van der Waals surface area contributed by atoms with Crippen LogP contribution in [0, 0.1) is 11.8 Å². The molecule has 0 unspecified atom stereocenters. The molecule has 0 aromatic heterocycles. The van der Waals surface area contributed by atoms with Crippen LogP contribution in [0.25, 0.3) is 0 Å². The molecule has 3 nitrogen and oxygen atoms in total. The highest BCUT2D eigenvalue weighted by molar-refractivity contribution is 5.79. The van der Waals surface area contributed by atoms with Crippen molar-refractivity contribution in [3.63, 3.8) is 0 Å². The van der Waals surface area contributed by atoms with Crippen LogP contribution in [0.2, 0.25) is 0 Å². The topological polar surface area (TPSA) is 46.3 Å². The molecule has 0 bridgehead atoms. The standard InChI is InChI=1S/C10H20N2O/c1-8(2)7-12-5-3-4-9(6-11)10(12)13/h8-9H,3-7,11H2,1-2H3/t9-/m1/s1. The molecule has 2 N–H and O–H groups in total. The second-order valence-corrected chi connectivity index (χ2v) is 4.25. The van der Waals surface area contributed by atoms with Crippen molar-refractivity contribution in [2.45, 2.75) is 26.7 Å². The molecule has 0 spiro atoms. The summed E-state index contributed by atoms with van der Waals surface area (Å²) in [6.45, 7) is 6.59. The van der Waals surface area contributed by atoms with E-state index in [1.54, 1.807) is 0 Å². The van der Waals surface area contributed by atoms with Gasteiger partial charge in [0.1, 0.15) is 0 Å². The third-order valence-electron chi connectivity index (χ3n) is 2.51. The average molecular weight is 184 g/mol. The van der Waals surface area contributed by atoms with Crippen LogP contribution in [0.1, 0.15) is 26.7 Å². The first-order valence-corrected chi connectivity index (χ1v) is 5.14. The van der Waals surface area contributed by atoms with E-state index in [1.165, 1.54) is 0 Å². The van der Waals surface area contributed by atoms with Gasteiger partial charge >= 0.3 is 0 Å². The summed E-state index contributed by atoms with van der Waals surface area (Å²) in [6, 6.07) is 0. The zero-order chi connectivity index (χ0) is 9.84. The molecule has 0 aromatic rings. The fourth-order valence-electron chi connectivity index (χ4n) is 1.86. The Labute approximate surface area is 80.3 Å². The zero-order valence-electron chi connectivity index (χ0n) is 8.62. The molecule has 13 heavy (non-hydrogen) atoms. The molecule has 1 amide bonds. The van der Waals surface area contributed by atoms with E-state index < -0.39 is 0 Å². The number of rotatable bonds is 3.